The monoisotopic (exact) mass is 294 g/mol. The molecular weight excluding hydrogens is 268 g/mol. The van der Waals surface area contributed by atoms with Crippen molar-refractivity contribution in [2.24, 2.45) is 17.8 Å². The molecule has 1 N–H and O–H groups in total. The molecule has 1 fully saturated rings. The molecule has 0 aliphatic heterocycles. The average molecular weight is 294 g/mol. The Morgan fingerprint density at radius 3 is 2.60 bits per heavy atom. The Balaban J connectivity index is 2.40. The fourth-order valence-electron chi connectivity index (χ4n) is 3.69. The number of hydrogen-bond acceptors (Lipinski definition) is 1. The van der Waals surface area contributed by atoms with Crippen LogP contribution in [-0.2, 0) is 11.1 Å². The summed E-state index contributed by atoms with van der Waals surface area (Å²) in [5.74, 6) is 2.63. The molecule has 0 aromatic heterocycles. The molecule has 3 unspecified atom stereocenters. The standard InChI is InChI=1S/C17H26O2S/c1-11(2)15-8-5-12(3)9-17(15)16-10-14(20(18)19)7-6-13(16)4/h6-7,10-12,15,17H,5,8-9H2,1-4H3,(H,18,19)/t12?,15?,17-/m0/s1. The lowest BCUT2D eigenvalue weighted by Gasteiger charge is -2.38. The van der Waals surface area contributed by atoms with E-state index in [1.54, 1.807) is 6.07 Å². The summed E-state index contributed by atoms with van der Waals surface area (Å²) in [6.07, 6.45) is 3.78. The molecule has 2 rings (SSSR count). The highest BCUT2D eigenvalue weighted by molar-refractivity contribution is 7.79. The van der Waals surface area contributed by atoms with Crippen LogP contribution < -0.4 is 0 Å². The maximum atomic E-state index is 11.3. The van der Waals surface area contributed by atoms with Crippen LogP contribution in [0, 0.1) is 24.7 Å². The van der Waals surface area contributed by atoms with E-state index in [0.29, 0.717) is 22.6 Å². The highest BCUT2D eigenvalue weighted by Gasteiger charge is 2.32. The Kier molecular flexibility index (Phi) is 5.03. The largest absolute Gasteiger partial charge is 0.302 e. The molecule has 0 amide bonds. The van der Waals surface area contributed by atoms with E-state index in [4.69, 9.17) is 0 Å². The minimum absolute atomic E-state index is 0.530. The summed E-state index contributed by atoms with van der Waals surface area (Å²) in [6.45, 7) is 9.05. The van der Waals surface area contributed by atoms with Gasteiger partial charge in [0.1, 0.15) is 0 Å². The highest BCUT2D eigenvalue weighted by atomic mass is 32.2. The van der Waals surface area contributed by atoms with Crippen LogP contribution >= 0.6 is 0 Å². The molecular formula is C17H26O2S. The minimum atomic E-state index is -1.88. The van der Waals surface area contributed by atoms with E-state index in [9.17, 15) is 8.76 Å². The van der Waals surface area contributed by atoms with Gasteiger partial charge in [0, 0.05) is 0 Å². The van der Waals surface area contributed by atoms with Crippen LogP contribution in [-0.4, -0.2) is 8.76 Å². The van der Waals surface area contributed by atoms with E-state index >= 15 is 0 Å². The van der Waals surface area contributed by atoms with Gasteiger partial charge in [-0.3, -0.25) is 0 Å². The first kappa shape index (κ1) is 15.7. The van der Waals surface area contributed by atoms with Crippen LogP contribution in [0.2, 0.25) is 0 Å². The lowest BCUT2D eigenvalue weighted by atomic mass is 9.67. The van der Waals surface area contributed by atoms with E-state index in [1.807, 2.05) is 12.1 Å². The minimum Gasteiger partial charge on any atom is -0.302 e. The van der Waals surface area contributed by atoms with Crippen molar-refractivity contribution in [2.75, 3.05) is 0 Å². The zero-order chi connectivity index (χ0) is 14.9. The first-order chi connectivity index (χ1) is 9.40. The van der Waals surface area contributed by atoms with Crippen LogP contribution in [0.15, 0.2) is 23.1 Å². The number of hydrogen-bond donors (Lipinski definition) is 1. The molecule has 2 nitrogen and oxygen atoms in total. The zero-order valence-electron chi connectivity index (χ0n) is 12.9. The normalized spacial score (nSPS) is 28.6. The summed E-state index contributed by atoms with van der Waals surface area (Å²) in [5, 5.41) is 0. The Morgan fingerprint density at radius 2 is 2.00 bits per heavy atom. The number of rotatable bonds is 3. The van der Waals surface area contributed by atoms with Gasteiger partial charge in [-0.15, -0.1) is 0 Å². The SMILES string of the molecule is Cc1ccc(S(=O)O)cc1[C@H]1CC(C)CCC1C(C)C. The van der Waals surface area contributed by atoms with E-state index in [1.165, 1.54) is 30.4 Å². The maximum Gasteiger partial charge on any atom is 0.186 e. The van der Waals surface area contributed by atoms with Crippen LogP contribution in [0.25, 0.3) is 0 Å². The van der Waals surface area contributed by atoms with Gasteiger partial charge >= 0.3 is 0 Å². The summed E-state index contributed by atoms with van der Waals surface area (Å²) >= 11 is -1.88. The van der Waals surface area contributed by atoms with Crippen LogP contribution in [0.3, 0.4) is 0 Å². The van der Waals surface area contributed by atoms with E-state index in [-0.39, 0.29) is 0 Å². The van der Waals surface area contributed by atoms with Crippen molar-refractivity contribution in [1.82, 2.24) is 0 Å². The molecule has 112 valence electrons. The van der Waals surface area contributed by atoms with Crippen LogP contribution in [0.1, 0.15) is 57.1 Å². The molecule has 1 aliphatic rings. The van der Waals surface area contributed by atoms with Crippen molar-refractivity contribution in [1.29, 1.82) is 0 Å². The molecule has 4 atom stereocenters. The lowest BCUT2D eigenvalue weighted by molar-refractivity contribution is 0.196. The van der Waals surface area contributed by atoms with Gasteiger partial charge in [0.15, 0.2) is 11.1 Å². The van der Waals surface area contributed by atoms with Crippen molar-refractivity contribution in [3.63, 3.8) is 0 Å². The molecule has 1 saturated carbocycles. The molecule has 1 aromatic rings. The molecule has 1 aromatic carbocycles. The molecule has 0 radical (unpaired) electrons. The molecule has 3 heteroatoms. The van der Waals surface area contributed by atoms with Crippen molar-refractivity contribution < 1.29 is 8.76 Å². The van der Waals surface area contributed by atoms with Gasteiger partial charge < -0.3 is 4.55 Å². The third kappa shape index (κ3) is 3.32. The summed E-state index contributed by atoms with van der Waals surface area (Å²) in [5.41, 5.74) is 2.54. The average Bonchev–Trinajstić information content (AvgIpc) is 2.38. The van der Waals surface area contributed by atoms with Gasteiger partial charge in [0.05, 0.1) is 4.90 Å². The Labute approximate surface area is 125 Å². The van der Waals surface area contributed by atoms with Crippen molar-refractivity contribution in [3.05, 3.63) is 29.3 Å². The molecule has 0 spiro atoms. The molecule has 0 bridgehead atoms. The van der Waals surface area contributed by atoms with Gasteiger partial charge in [-0.05, 0) is 66.7 Å². The predicted octanol–water partition coefficient (Wildman–Crippen LogP) is 4.75. The first-order valence-electron chi connectivity index (χ1n) is 7.61. The third-order valence-electron chi connectivity index (χ3n) is 4.87. The second-order valence-electron chi connectivity index (χ2n) is 6.70. The second kappa shape index (κ2) is 6.40. The third-order valence-corrected chi connectivity index (χ3v) is 5.53. The van der Waals surface area contributed by atoms with Crippen molar-refractivity contribution in [3.8, 4) is 0 Å². The summed E-state index contributed by atoms with van der Waals surface area (Å²) in [7, 11) is 0. The molecule has 1 aliphatic carbocycles. The van der Waals surface area contributed by atoms with E-state index in [2.05, 4.69) is 27.7 Å². The molecule has 0 saturated heterocycles. The van der Waals surface area contributed by atoms with Crippen molar-refractivity contribution >= 4 is 11.1 Å². The zero-order valence-corrected chi connectivity index (χ0v) is 13.7. The Bertz CT molecular complexity index is 496. The quantitative estimate of drug-likeness (QED) is 0.817. The fourth-order valence-corrected chi connectivity index (χ4v) is 4.10. The summed E-state index contributed by atoms with van der Waals surface area (Å²) in [4.78, 5) is 0.534. The number of benzene rings is 1. The highest BCUT2D eigenvalue weighted by Crippen LogP contribution is 2.45. The second-order valence-corrected chi connectivity index (χ2v) is 7.67. The Morgan fingerprint density at radius 1 is 1.30 bits per heavy atom. The van der Waals surface area contributed by atoms with Gasteiger partial charge in [-0.25, -0.2) is 4.21 Å². The van der Waals surface area contributed by atoms with E-state index < -0.39 is 11.1 Å². The van der Waals surface area contributed by atoms with Gasteiger partial charge in [-0.1, -0.05) is 33.3 Å². The molecule has 20 heavy (non-hydrogen) atoms. The van der Waals surface area contributed by atoms with Crippen LogP contribution in [0.4, 0.5) is 0 Å². The lowest BCUT2D eigenvalue weighted by Crippen LogP contribution is -2.26. The first-order valence-corrected chi connectivity index (χ1v) is 8.72. The summed E-state index contributed by atoms with van der Waals surface area (Å²) < 4.78 is 20.7. The maximum absolute atomic E-state index is 11.3. The topological polar surface area (TPSA) is 37.3 Å². The van der Waals surface area contributed by atoms with Gasteiger partial charge in [0.25, 0.3) is 0 Å². The van der Waals surface area contributed by atoms with Crippen molar-refractivity contribution in [2.45, 2.75) is 57.8 Å². The van der Waals surface area contributed by atoms with Gasteiger partial charge in [0.2, 0.25) is 0 Å². The van der Waals surface area contributed by atoms with Gasteiger partial charge in [-0.2, -0.15) is 0 Å². The number of aryl methyl sites for hydroxylation is 1. The molecule has 0 heterocycles. The fraction of sp³-hybridized carbons (Fsp3) is 0.647. The smallest absolute Gasteiger partial charge is 0.186 e. The Hall–Kier alpha value is -0.670. The van der Waals surface area contributed by atoms with Crippen LogP contribution in [0.5, 0.6) is 0 Å². The van der Waals surface area contributed by atoms with E-state index in [0.717, 1.165) is 5.92 Å². The summed E-state index contributed by atoms with van der Waals surface area (Å²) in [6, 6.07) is 5.73. The predicted molar refractivity (Wildman–Crippen MR) is 84.3 cm³/mol.